The van der Waals surface area contributed by atoms with Gasteiger partial charge in [0.1, 0.15) is 5.75 Å². The van der Waals surface area contributed by atoms with E-state index >= 15 is 0 Å². The molecule has 0 spiro atoms. The van der Waals surface area contributed by atoms with E-state index in [2.05, 4.69) is 15.9 Å². The number of hydrogen-bond acceptors (Lipinski definition) is 2. The van der Waals surface area contributed by atoms with Crippen LogP contribution in [0.5, 0.6) is 5.75 Å². The molecule has 4 heteroatoms. The van der Waals surface area contributed by atoms with Gasteiger partial charge in [0.05, 0.1) is 11.6 Å². The molecule has 0 radical (unpaired) electrons. The average molecular weight is 277 g/mol. The third-order valence-corrected chi connectivity index (χ3v) is 3.36. The van der Waals surface area contributed by atoms with Gasteiger partial charge in [0.25, 0.3) is 0 Å². The zero-order chi connectivity index (χ0) is 10.1. The smallest absolute Gasteiger partial charge is 0.143 e. The lowest BCUT2D eigenvalue weighted by Crippen LogP contribution is -2.09. The molecule has 1 aliphatic heterocycles. The van der Waals surface area contributed by atoms with Gasteiger partial charge in [-0.1, -0.05) is 27.5 Å². The average Bonchev–Trinajstić information content (AvgIpc) is 2.35. The maximum atomic E-state index is 6.05. The summed E-state index contributed by atoms with van der Waals surface area (Å²) in [7, 11) is 0. The number of halogens is 2. The SMILES string of the molecule is N[C@H]1CCCOc2c(Cl)ccc(Br)c21. The van der Waals surface area contributed by atoms with Crippen LogP contribution in [0.1, 0.15) is 24.4 Å². The van der Waals surface area contributed by atoms with E-state index in [-0.39, 0.29) is 6.04 Å². The Morgan fingerprint density at radius 3 is 3.07 bits per heavy atom. The van der Waals surface area contributed by atoms with Crippen molar-refractivity contribution in [3.05, 3.63) is 27.2 Å². The molecule has 1 aromatic carbocycles. The lowest BCUT2D eigenvalue weighted by atomic mass is 10.0. The molecular weight excluding hydrogens is 265 g/mol. The zero-order valence-electron chi connectivity index (χ0n) is 7.59. The van der Waals surface area contributed by atoms with Gasteiger partial charge in [0.2, 0.25) is 0 Å². The topological polar surface area (TPSA) is 35.2 Å². The Labute approximate surface area is 96.5 Å². The van der Waals surface area contributed by atoms with Gasteiger partial charge < -0.3 is 10.5 Å². The first-order valence-corrected chi connectivity index (χ1v) is 5.73. The summed E-state index contributed by atoms with van der Waals surface area (Å²) in [6, 6.07) is 3.75. The van der Waals surface area contributed by atoms with Crippen molar-refractivity contribution >= 4 is 27.5 Å². The maximum Gasteiger partial charge on any atom is 0.143 e. The largest absolute Gasteiger partial charge is 0.492 e. The van der Waals surface area contributed by atoms with E-state index in [1.165, 1.54) is 0 Å². The highest BCUT2D eigenvalue weighted by Crippen LogP contribution is 2.40. The Balaban J connectivity index is 2.57. The van der Waals surface area contributed by atoms with Crippen LogP contribution in [0.3, 0.4) is 0 Å². The fraction of sp³-hybridized carbons (Fsp3) is 0.400. The molecule has 2 nitrogen and oxygen atoms in total. The van der Waals surface area contributed by atoms with Crippen molar-refractivity contribution < 1.29 is 4.74 Å². The van der Waals surface area contributed by atoms with Gasteiger partial charge in [-0.25, -0.2) is 0 Å². The van der Waals surface area contributed by atoms with Crippen molar-refractivity contribution in [3.8, 4) is 5.75 Å². The molecule has 1 aromatic rings. The van der Waals surface area contributed by atoms with Crippen LogP contribution >= 0.6 is 27.5 Å². The van der Waals surface area contributed by atoms with Gasteiger partial charge in [-0.3, -0.25) is 0 Å². The second-order valence-electron chi connectivity index (χ2n) is 3.37. The van der Waals surface area contributed by atoms with E-state index in [4.69, 9.17) is 22.1 Å². The van der Waals surface area contributed by atoms with E-state index in [0.717, 1.165) is 28.6 Å². The van der Waals surface area contributed by atoms with Crippen LogP contribution in [0.2, 0.25) is 5.02 Å². The summed E-state index contributed by atoms with van der Waals surface area (Å²) < 4.78 is 6.57. The van der Waals surface area contributed by atoms with Crippen LogP contribution in [-0.4, -0.2) is 6.61 Å². The molecule has 0 unspecified atom stereocenters. The molecule has 14 heavy (non-hydrogen) atoms. The van der Waals surface area contributed by atoms with E-state index in [1.54, 1.807) is 0 Å². The Bertz CT molecular complexity index is 356. The standard InChI is InChI=1S/C10H11BrClNO/c11-6-3-4-7(12)10-9(6)8(13)2-1-5-14-10/h3-4,8H,1-2,5,13H2/t8-/m0/s1. The summed E-state index contributed by atoms with van der Waals surface area (Å²) >= 11 is 9.52. The van der Waals surface area contributed by atoms with E-state index in [9.17, 15) is 0 Å². The fourth-order valence-electron chi connectivity index (χ4n) is 1.66. The van der Waals surface area contributed by atoms with Crippen LogP contribution in [0.15, 0.2) is 16.6 Å². The quantitative estimate of drug-likeness (QED) is 0.789. The first-order chi connectivity index (χ1) is 6.70. The molecule has 2 N–H and O–H groups in total. The summed E-state index contributed by atoms with van der Waals surface area (Å²) in [5.74, 6) is 0.742. The molecule has 2 rings (SSSR count). The minimum atomic E-state index is 0.0144. The predicted molar refractivity (Wildman–Crippen MR) is 60.8 cm³/mol. The predicted octanol–water partition coefficient (Wildman–Crippen LogP) is 3.27. The van der Waals surface area contributed by atoms with E-state index < -0.39 is 0 Å². The van der Waals surface area contributed by atoms with E-state index in [1.807, 2.05) is 12.1 Å². The number of hydrogen-bond donors (Lipinski definition) is 1. The first kappa shape index (κ1) is 10.3. The molecule has 76 valence electrons. The van der Waals surface area contributed by atoms with Gasteiger partial charge in [0, 0.05) is 16.1 Å². The van der Waals surface area contributed by atoms with Gasteiger partial charge >= 0.3 is 0 Å². The number of nitrogens with two attached hydrogens (primary N) is 1. The number of benzene rings is 1. The van der Waals surface area contributed by atoms with Crippen molar-refractivity contribution in [2.75, 3.05) is 6.61 Å². The van der Waals surface area contributed by atoms with Gasteiger partial charge in [-0.15, -0.1) is 0 Å². The van der Waals surface area contributed by atoms with Gasteiger partial charge in [0.15, 0.2) is 0 Å². The molecule has 0 aliphatic carbocycles. The number of ether oxygens (including phenoxy) is 1. The highest BCUT2D eigenvalue weighted by molar-refractivity contribution is 9.10. The van der Waals surface area contributed by atoms with E-state index in [0.29, 0.717) is 11.6 Å². The first-order valence-electron chi connectivity index (χ1n) is 4.56. The Hall–Kier alpha value is -0.250. The summed E-state index contributed by atoms with van der Waals surface area (Å²) in [5, 5.41) is 0.639. The van der Waals surface area contributed by atoms with Crippen molar-refractivity contribution in [2.45, 2.75) is 18.9 Å². The molecule has 1 atom stereocenters. The molecule has 1 aliphatic rings. The third kappa shape index (κ3) is 1.76. The van der Waals surface area contributed by atoms with Crippen LogP contribution in [0, 0.1) is 0 Å². The fourth-order valence-corrected chi connectivity index (χ4v) is 2.49. The summed E-state index contributed by atoms with van der Waals surface area (Å²) in [5.41, 5.74) is 7.04. The monoisotopic (exact) mass is 275 g/mol. The highest BCUT2D eigenvalue weighted by Gasteiger charge is 2.21. The van der Waals surface area contributed by atoms with Gasteiger partial charge in [-0.05, 0) is 25.0 Å². The maximum absolute atomic E-state index is 6.05. The van der Waals surface area contributed by atoms with Crippen LogP contribution < -0.4 is 10.5 Å². The molecule has 0 saturated carbocycles. The summed E-state index contributed by atoms with van der Waals surface area (Å²) in [6.45, 7) is 0.691. The van der Waals surface area contributed by atoms with Crippen molar-refractivity contribution in [3.63, 3.8) is 0 Å². The van der Waals surface area contributed by atoms with Crippen molar-refractivity contribution in [2.24, 2.45) is 5.73 Å². The second-order valence-corrected chi connectivity index (χ2v) is 4.63. The second kappa shape index (κ2) is 4.09. The lowest BCUT2D eigenvalue weighted by Gasteiger charge is -2.14. The van der Waals surface area contributed by atoms with Crippen LogP contribution in [-0.2, 0) is 0 Å². The third-order valence-electron chi connectivity index (χ3n) is 2.37. The zero-order valence-corrected chi connectivity index (χ0v) is 9.94. The Morgan fingerprint density at radius 2 is 2.29 bits per heavy atom. The van der Waals surface area contributed by atoms with Crippen LogP contribution in [0.4, 0.5) is 0 Å². The normalized spacial score (nSPS) is 20.9. The molecular formula is C10H11BrClNO. The molecule has 0 bridgehead atoms. The minimum Gasteiger partial charge on any atom is -0.492 e. The Kier molecular flexibility index (Phi) is 3.00. The number of rotatable bonds is 0. The molecule has 0 saturated heterocycles. The molecule has 0 aromatic heterocycles. The Morgan fingerprint density at radius 1 is 1.50 bits per heavy atom. The summed E-state index contributed by atoms with van der Waals surface area (Å²) in [4.78, 5) is 0. The van der Waals surface area contributed by atoms with Crippen LogP contribution in [0.25, 0.3) is 0 Å². The molecule has 1 heterocycles. The molecule has 0 fully saturated rings. The minimum absolute atomic E-state index is 0.0144. The molecule has 0 amide bonds. The summed E-state index contributed by atoms with van der Waals surface area (Å²) in [6.07, 6.45) is 1.91. The van der Waals surface area contributed by atoms with Gasteiger partial charge in [-0.2, -0.15) is 0 Å². The van der Waals surface area contributed by atoms with Crippen molar-refractivity contribution in [1.82, 2.24) is 0 Å². The number of fused-ring (bicyclic) bond motifs is 1. The lowest BCUT2D eigenvalue weighted by molar-refractivity contribution is 0.316. The highest BCUT2D eigenvalue weighted by atomic mass is 79.9. The van der Waals surface area contributed by atoms with Crippen molar-refractivity contribution in [1.29, 1.82) is 0 Å².